The lowest BCUT2D eigenvalue weighted by Crippen LogP contribution is -2.49. The topological polar surface area (TPSA) is 78.4 Å². The van der Waals surface area contributed by atoms with E-state index in [4.69, 9.17) is 34.8 Å². The number of carbonyl (C=O) groups is 2. The molecular formula is C22H24Cl3N5O2S. The Labute approximate surface area is 212 Å². The highest BCUT2D eigenvalue weighted by Gasteiger charge is 2.34. The van der Waals surface area contributed by atoms with Crippen molar-refractivity contribution in [2.75, 3.05) is 43.4 Å². The van der Waals surface area contributed by atoms with Gasteiger partial charge >= 0.3 is 0 Å². The van der Waals surface area contributed by atoms with Crippen molar-refractivity contribution in [2.24, 2.45) is 5.92 Å². The molecule has 1 aliphatic heterocycles. The molecule has 4 rings (SSSR count). The molecule has 0 atom stereocenters. The van der Waals surface area contributed by atoms with Crippen molar-refractivity contribution in [3.8, 4) is 0 Å². The van der Waals surface area contributed by atoms with Gasteiger partial charge in [-0.05, 0) is 37.0 Å². The molecule has 0 radical (unpaired) electrons. The van der Waals surface area contributed by atoms with Crippen LogP contribution in [0.2, 0.25) is 15.2 Å². The van der Waals surface area contributed by atoms with Gasteiger partial charge in [0.05, 0.1) is 5.75 Å². The molecule has 1 saturated carbocycles. The summed E-state index contributed by atoms with van der Waals surface area (Å²) in [6.45, 7) is 3.22. The minimum Gasteiger partial charge on any atom is -0.355 e. The normalized spacial score (nSPS) is 16.1. The highest BCUT2D eigenvalue weighted by atomic mass is 35.5. The van der Waals surface area contributed by atoms with Gasteiger partial charge in [-0.1, -0.05) is 52.6 Å². The third-order valence-corrected chi connectivity index (χ3v) is 7.19. The Hall–Kier alpha value is -1.74. The Morgan fingerprint density at radius 2 is 1.82 bits per heavy atom. The van der Waals surface area contributed by atoms with Crippen LogP contribution in [0.15, 0.2) is 29.4 Å². The van der Waals surface area contributed by atoms with Crippen molar-refractivity contribution in [3.63, 3.8) is 0 Å². The first-order valence-electron chi connectivity index (χ1n) is 10.8. The molecule has 1 aromatic carbocycles. The SMILES string of the molecule is O=C(CSc1nc(Cl)cc(N2CCN(C(=O)C3CC3)CC2)n1)NCCc1ccc(Cl)cc1Cl. The Balaban J connectivity index is 1.24. The standard InChI is InChI=1S/C22H24Cl3N5O2S/c23-16-4-3-14(17(24)11-16)5-6-26-20(31)13-33-22-27-18(25)12-19(28-22)29-7-9-30(10-8-29)21(32)15-1-2-15/h3-4,11-12,15H,1-2,5-10,13H2,(H,26,31). The van der Waals surface area contributed by atoms with Crippen LogP contribution < -0.4 is 10.2 Å². The van der Waals surface area contributed by atoms with Crippen LogP contribution in [0.25, 0.3) is 0 Å². The van der Waals surface area contributed by atoms with Gasteiger partial charge in [0.2, 0.25) is 11.8 Å². The lowest BCUT2D eigenvalue weighted by molar-refractivity contribution is -0.132. The summed E-state index contributed by atoms with van der Waals surface area (Å²) >= 11 is 19.5. The summed E-state index contributed by atoms with van der Waals surface area (Å²) in [6, 6.07) is 7.04. The quantitative estimate of drug-likeness (QED) is 0.318. The van der Waals surface area contributed by atoms with Crippen molar-refractivity contribution in [3.05, 3.63) is 45.0 Å². The zero-order valence-corrected chi connectivity index (χ0v) is 21.0. The zero-order valence-electron chi connectivity index (χ0n) is 17.9. The van der Waals surface area contributed by atoms with Gasteiger partial charge < -0.3 is 15.1 Å². The molecule has 0 bridgehead atoms. The number of hydrogen-bond donors (Lipinski definition) is 1. The van der Waals surface area contributed by atoms with E-state index >= 15 is 0 Å². The van der Waals surface area contributed by atoms with Crippen LogP contribution in [0, 0.1) is 5.92 Å². The molecule has 0 unspecified atom stereocenters. The van der Waals surface area contributed by atoms with Gasteiger partial charge in [0.25, 0.3) is 0 Å². The minimum absolute atomic E-state index is 0.123. The number of benzene rings is 1. The number of aromatic nitrogens is 2. The minimum atomic E-state index is -0.123. The van der Waals surface area contributed by atoms with Crippen molar-refractivity contribution in [2.45, 2.75) is 24.4 Å². The second-order valence-corrected chi connectivity index (χ2v) is 10.2. The molecule has 7 nitrogen and oxygen atoms in total. The van der Waals surface area contributed by atoms with Gasteiger partial charge in [-0.15, -0.1) is 0 Å². The highest BCUT2D eigenvalue weighted by Crippen LogP contribution is 2.31. The first kappa shape index (κ1) is 24.4. The molecule has 1 N–H and O–H groups in total. The monoisotopic (exact) mass is 527 g/mol. The maximum absolute atomic E-state index is 12.3. The molecule has 2 amide bonds. The van der Waals surface area contributed by atoms with Gasteiger partial charge in [-0.3, -0.25) is 9.59 Å². The van der Waals surface area contributed by atoms with Gasteiger partial charge in [-0.25, -0.2) is 9.97 Å². The van der Waals surface area contributed by atoms with Crippen LogP contribution in [-0.4, -0.2) is 65.2 Å². The van der Waals surface area contributed by atoms with Crippen molar-refractivity contribution in [1.82, 2.24) is 20.2 Å². The fourth-order valence-electron chi connectivity index (χ4n) is 3.60. The van der Waals surface area contributed by atoms with Crippen LogP contribution >= 0.6 is 46.6 Å². The third kappa shape index (κ3) is 6.88. The van der Waals surface area contributed by atoms with Crippen molar-refractivity contribution in [1.29, 1.82) is 0 Å². The number of amides is 2. The second kappa shape index (κ2) is 11.1. The highest BCUT2D eigenvalue weighted by molar-refractivity contribution is 7.99. The first-order chi connectivity index (χ1) is 15.9. The van der Waals surface area contributed by atoms with E-state index in [1.165, 1.54) is 11.8 Å². The van der Waals surface area contributed by atoms with E-state index in [0.29, 0.717) is 65.3 Å². The molecule has 0 spiro atoms. The number of hydrogen-bond acceptors (Lipinski definition) is 6. The Morgan fingerprint density at radius 3 is 2.52 bits per heavy atom. The molecule has 2 heterocycles. The number of thioether (sulfide) groups is 1. The number of piperazine rings is 1. The summed E-state index contributed by atoms with van der Waals surface area (Å²) in [4.78, 5) is 37.4. The van der Waals surface area contributed by atoms with Gasteiger partial charge in [0, 0.05) is 54.8 Å². The molecule has 176 valence electrons. The summed E-state index contributed by atoms with van der Waals surface area (Å²) in [5.41, 5.74) is 0.927. The number of rotatable bonds is 8. The Bertz CT molecular complexity index is 1030. The van der Waals surface area contributed by atoms with Crippen LogP contribution in [0.5, 0.6) is 0 Å². The predicted molar refractivity (Wildman–Crippen MR) is 132 cm³/mol. The summed E-state index contributed by atoms with van der Waals surface area (Å²) in [7, 11) is 0. The zero-order chi connectivity index (χ0) is 23.4. The summed E-state index contributed by atoms with van der Waals surface area (Å²) in [6.07, 6.45) is 2.65. The number of anilines is 1. The number of halogens is 3. The van der Waals surface area contributed by atoms with Crippen molar-refractivity contribution >= 4 is 64.2 Å². The van der Waals surface area contributed by atoms with E-state index < -0.39 is 0 Å². The molecule has 1 saturated heterocycles. The molecule has 11 heteroatoms. The molecule has 2 fully saturated rings. The number of nitrogens with one attached hydrogen (secondary N) is 1. The maximum Gasteiger partial charge on any atom is 0.230 e. The van der Waals surface area contributed by atoms with E-state index in [9.17, 15) is 9.59 Å². The largest absolute Gasteiger partial charge is 0.355 e. The fourth-order valence-corrected chi connectivity index (χ4v) is 5.01. The second-order valence-electron chi connectivity index (χ2n) is 8.04. The Morgan fingerprint density at radius 1 is 1.06 bits per heavy atom. The predicted octanol–water partition coefficient (Wildman–Crippen LogP) is 3.95. The summed E-state index contributed by atoms with van der Waals surface area (Å²) in [5, 5.41) is 4.83. The maximum atomic E-state index is 12.3. The summed E-state index contributed by atoms with van der Waals surface area (Å²) in [5.74, 6) is 1.28. The van der Waals surface area contributed by atoms with Gasteiger partial charge in [0.15, 0.2) is 5.16 Å². The van der Waals surface area contributed by atoms with Crippen LogP contribution in [0.4, 0.5) is 5.82 Å². The lowest BCUT2D eigenvalue weighted by Gasteiger charge is -2.35. The lowest BCUT2D eigenvalue weighted by atomic mass is 10.1. The third-order valence-electron chi connectivity index (χ3n) is 5.57. The van der Waals surface area contributed by atoms with Gasteiger partial charge in [-0.2, -0.15) is 0 Å². The van der Waals surface area contributed by atoms with Gasteiger partial charge in [0.1, 0.15) is 11.0 Å². The van der Waals surface area contributed by atoms with Crippen molar-refractivity contribution < 1.29 is 9.59 Å². The van der Waals surface area contributed by atoms with E-state index in [2.05, 4.69) is 20.2 Å². The molecule has 1 aliphatic carbocycles. The first-order valence-corrected chi connectivity index (χ1v) is 12.9. The smallest absolute Gasteiger partial charge is 0.230 e. The van der Waals surface area contributed by atoms with E-state index in [-0.39, 0.29) is 23.5 Å². The Kier molecular flexibility index (Phi) is 8.22. The molecule has 1 aromatic heterocycles. The number of carbonyl (C=O) groups excluding carboxylic acids is 2. The average molecular weight is 529 g/mol. The molecule has 2 aliphatic rings. The molecular weight excluding hydrogens is 505 g/mol. The average Bonchev–Trinajstić information content (AvgIpc) is 3.64. The number of nitrogens with zero attached hydrogens (tertiary/aromatic N) is 4. The van der Waals surface area contributed by atoms with E-state index in [1.54, 1.807) is 18.2 Å². The molecule has 33 heavy (non-hydrogen) atoms. The van der Waals surface area contributed by atoms with Crippen LogP contribution in [-0.2, 0) is 16.0 Å². The van der Waals surface area contributed by atoms with E-state index in [1.807, 2.05) is 11.0 Å². The summed E-state index contributed by atoms with van der Waals surface area (Å²) < 4.78 is 0. The molecule has 2 aromatic rings. The van der Waals surface area contributed by atoms with E-state index in [0.717, 1.165) is 18.4 Å². The van der Waals surface area contributed by atoms with Crippen LogP contribution in [0.1, 0.15) is 18.4 Å². The fraction of sp³-hybridized carbons (Fsp3) is 0.455. The van der Waals surface area contributed by atoms with Crippen LogP contribution in [0.3, 0.4) is 0 Å².